The van der Waals surface area contributed by atoms with Crippen LogP contribution in [0.3, 0.4) is 0 Å². The predicted molar refractivity (Wildman–Crippen MR) is 88.4 cm³/mol. The first kappa shape index (κ1) is 16.3. The third-order valence-electron chi connectivity index (χ3n) is 3.10. The maximum atomic E-state index is 12.6. The van der Waals surface area contributed by atoms with Crippen molar-refractivity contribution in [3.8, 4) is 0 Å². The summed E-state index contributed by atoms with van der Waals surface area (Å²) in [5.74, 6) is 0. The molecule has 0 amide bonds. The van der Waals surface area contributed by atoms with Crippen LogP contribution in [0, 0.1) is 13.8 Å². The molecule has 0 radical (unpaired) electrons. The lowest BCUT2D eigenvalue weighted by atomic mass is 10.1. The molecule has 1 aromatic carbocycles. The molecule has 0 aliphatic heterocycles. The lowest BCUT2D eigenvalue weighted by molar-refractivity contribution is 0.567. The molecule has 4 nitrogen and oxygen atoms in total. The number of thiophene rings is 1. The van der Waals surface area contributed by atoms with Crippen LogP contribution in [0.4, 0.5) is 5.69 Å². The highest BCUT2D eigenvalue weighted by atomic mass is 35.5. The lowest BCUT2D eigenvalue weighted by Gasteiger charge is -2.16. The Kier molecular flexibility index (Phi) is 4.63. The van der Waals surface area contributed by atoms with Crippen molar-refractivity contribution in [1.82, 2.24) is 4.72 Å². The number of anilines is 1. The van der Waals surface area contributed by atoms with E-state index < -0.39 is 10.0 Å². The third kappa shape index (κ3) is 3.58. The Hall–Kier alpha value is -1.08. The first-order valence-electron chi connectivity index (χ1n) is 6.35. The molecule has 0 bridgehead atoms. The first-order chi connectivity index (χ1) is 9.70. The highest BCUT2D eigenvalue weighted by Gasteiger charge is 2.23. The van der Waals surface area contributed by atoms with Gasteiger partial charge in [-0.15, -0.1) is 11.3 Å². The number of hydrogen-bond acceptors (Lipinski definition) is 4. The number of halogens is 1. The number of sulfonamides is 1. The van der Waals surface area contributed by atoms with Gasteiger partial charge in [0, 0.05) is 10.6 Å². The number of nitrogens with two attached hydrogens (primary N) is 1. The van der Waals surface area contributed by atoms with Gasteiger partial charge in [0.25, 0.3) is 0 Å². The van der Waals surface area contributed by atoms with Crippen LogP contribution in [0.15, 0.2) is 29.2 Å². The quantitative estimate of drug-likeness (QED) is 0.832. The van der Waals surface area contributed by atoms with Crippen LogP contribution in [0.2, 0.25) is 4.34 Å². The molecular formula is C14H17ClN2O2S2. The predicted octanol–water partition coefficient (Wildman–Crippen LogP) is 3.64. The maximum absolute atomic E-state index is 12.6. The molecular weight excluding hydrogens is 328 g/mol. The van der Waals surface area contributed by atoms with Gasteiger partial charge in [-0.3, -0.25) is 0 Å². The van der Waals surface area contributed by atoms with E-state index in [-0.39, 0.29) is 10.9 Å². The molecule has 2 rings (SSSR count). The van der Waals surface area contributed by atoms with E-state index >= 15 is 0 Å². The summed E-state index contributed by atoms with van der Waals surface area (Å²) in [6, 6.07) is 6.56. The largest absolute Gasteiger partial charge is 0.399 e. The Balaban J connectivity index is 2.35. The topological polar surface area (TPSA) is 72.2 Å². The van der Waals surface area contributed by atoms with E-state index in [1.807, 2.05) is 6.07 Å². The van der Waals surface area contributed by atoms with Gasteiger partial charge in [-0.1, -0.05) is 11.6 Å². The number of benzene rings is 1. The van der Waals surface area contributed by atoms with Crippen molar-refractivity contribution in [3.05, 3.63) is 44.6 Å². The van der Waals surface area contributed by atoms with Gasteiger partial charge in [0.05, 0.1) is 15.3 Å². The van der Waals surface area contributed by atoms with Gasteiger partial charge >= 0.3 is 0 Å². The molecule has 0 spiro atoms. The van der Waals surface area contributed by atoms with Crippen molar-refractivity contribution in [2.24, 2.45) is 0 Å². The van der Waals surface area contributed by atoms with Gasteiger partial charge < -0.3 is 5.73 Å². The van der Waals surface area contributed by atoms with Gasteiger partial charge in [0.2, 0.25) is 10.0 Å². The SMILES string of the molecule is Cc1cc(N)cc(C)c1S(=O)(=O)NC(C)c1ccc(Cl)s1. The molecule has 2 aromatic rings. The zero-order valence-electron chi connectivity index (χ0n) is 12.0. The Morgan fingerprint density at radius 2 is 1.81 bits per heavy atom. The van der Waals surface area contributed by atoms with E-state index in [4.69, 9.17) is 17.3 Å². The van der Waals surface area contributed by atoms with Crippen LogP contribution in [0.1, 0.15) is 29.0 Å². The Labute approximate surface area is 134 Å². The van der Waals surface area contributed by atoms with E-state index in [2.05, 4.69) is 4.72 Å². The molecule has 114 valence electrons. The number of nitrogen functional groups attached to an aromatic ring is 1. The van der Waals surface area contributed by atoms with Crippen LogP contribution in [0.25, 0.3) is 0 Å². The van der Waals surface area contributed by atoms with E-state index in [9.17, 15) is 8.42 Å². The molecule has 1 unspecified atom stereocenters. The van der Waals surface area contributed by atoms with Crippen LogP contribution in [-0.4, -0.2) is 8.42 Å². The van der Waals surface area contributed by atoms with Crippen molar-refractivity contribution in [2.45, 2.75) is 31.7 Å². The van der Waals surface area contributed by atoms with Crippen molar-refractivity contribution in [3.63, 3.8) is 0 Å². The highest BCUT2D eigenvalue weighted by molar-refractivity contribution is 7.89. The van der Waals surface area contributed by atoms with Gasteiger partial charge in [-0.05, 0) is 56.2 Å². The summed E-state index contributed by atoms with van der Waals surface area (Å²) in [4.78, 5) is 1.15. The zero-order chi connectivity index (χ0) is 15.8. The van der Waals surface area contributed by atoms with Gasteiger partial charge in [-0.25, -0.2) is 13.1 Å². The molecule has 0 aliphatic carbocycles. The summed E-state index contributed by atoms with van der Waals surface area (Å²) in [5, 5.41) is 0. The lowest BCUT2D eigenvalue weighted by Crippen LogP contribution is -2.27. The molecule has 1 aromatic heterocycles. The smallest absolute Gasteiger partial charge is 0.241 e. The normalized spacial score (nSPS) is 13.3. The van der Waals surface area contributed by atoms with E-state index in [1.165, 1.54) is 11.3 Å². The fourth-order valence-electron chi connectivity index (χ4n) is 2.32. The third-order valence-corrected chi connectivity index (χ3v) is 6.36. The average molecular weight is 345 g/mol. The second kappa shape index (κ2) is 5.96. The maximum Gasteiger partial charge on any atom is 0.241 e. The summed E-state index contributed by atoms with van der Waals surface area (Å²) in [7, 11) is -3.62. The molecule has 7 heteroatoms. The van der Waals surface area contributed by atoms with E-state index in [0.29, 0.717) is 21.2 Å². The Morgan fingerprint density at radius 1 is 1.24 bits per heavy atom. The van der Waals surface area contributed by atoms with Crippen molar-refractivity contribution in [2.75, 3.05) is 5.73 Å². The van der Waals surface area contributed by atoms with Crippen LogP contribution < -0.4 is 10.5 Å². The van der Waals surface area contributed by atoms with Crippen LogP contribution >= 0.6 is 22.9 Å². The van der Waals surface area contributed by atoms with Crippen molar-refractivity contribution >= 4 is 38.6 Å². The van der Waals surface area contributed by atoms with Gasteiger partial charge in [0.15, 0.2) is 0 Å². The molecule has 1 atom stereocenters. The van der Waals surface area contributed by atoms with Crippen molar-refractivity contribution < 1.29 is 8.42 Å². The first-order valence-corrected chi connectivity index (χ1v) is 9.03. The summed E-state index contributed by atoms with van der Waals surface area (Å²) in [5.41, 5.74) is 7.57. The molecule has 3 N–H and O–H groups in total. The molecule has 0 saturated carbocycles. The summed E-state index contributed by atoms with van der Waals surface area (Å²) in [6.45, 7) is 5.27. The number of hydrogen-bond donors (Lipinski definition) is 2. The number of aryl methyl sites for hydroxylation is 2. The Bertz CT molecular complexity index is 746. The standard InChI is InChI=1S/C14H17ClN2O2S2/c1-8-6-11(16)7-9(2)14(8)21(18,19)17-10(3)12-4-5-13(15)20-12/h4-7,10,17H,16H2,1-3H3. The summed E-state index contributed by atoms with van der Waals surface area (Å²) in [6.07, 6.45) is 0. The molecule has 21 heavy (non-hydrogen) atoms. The minimum absolute atomic E-state index is 0.284. The van der Waals surface area contributed by atoms with Gasteiger partial charge in [0.1, 0.15) is 0 Å². The Morgan fingerprint density at radius 3 is 2.29 bits per heavy atom. The van der Waals surface area contributed by atoms with Gasteiger partial charge in [-0.2, -0.15) is 0 Å². The zero-order valence-corrected chi connectivity index (χ0v) is 14.4. The second-order valence-electron chi connectivity index (χ2n) is 4.97. The van der Waals surface area contributed by atoms with E-state index in [0.717, 1.165) is 4.88 Å². The number of nitrogens with one attached hydrogen (secondary N) is 1. The minimum atomic E-state index is -3.62. The number of rotatable bonds is 4. The van der Waals surface area contributed by atoms with Crippen LogP contribution in [0.5, 0.6) is 0 Å². The summed E-state index contributed by atoms with van der Waals surface area (Å²) < 4.78 is 28.5. The average Bonchev–Trinajstić information content (AvgIpc) is 2.73. The fourth-order valence-corrected chi connectivity index (χ4v) is 5.13. The second-order valence-corrected chi connectivity index (χ2v) is 8.37. The van der Waals surface area contributed by atoms with E-state index in [1.54, 1.807) is 39.0 Å². The molecule has 0 aliphatic rings. The fraction of sp³-hybridized carbons (Fsp3) is 0.286. The summed E-state index contributed by atoms with van der Waals surface area (Å²) >= 11 is 7.25. The highest BCUT2D eigenvalue weighted by Crippen LogP contribution is 2.29. The van der Waals surface area contributed by atoms with Crippen molar-refractivity contribution in [1.29, 1.82) is 0 Å². The molecule has 1 heterocycles. The molecule has 0 saturated heterocycles. The van der Waals surface area contributed by atoms with Crippen LogP contribution in [-0.2, 0) is 10.0 Å². The monoisotopic (exact) mass is 344 g/mol. The molecule has 0 fully saturated rings. The minimum Gasteiger partial charge on any atom is -0.399 e.